The maximum Gasteiger partial charge on any atom is 0.435 e. The number of halogens is 3. The molecule has 2 aromatic carbocycles. The topological polar surface area (TPSA) is 60.9 Å². The fraction of sp³-hybridized carbons (Fsp3) is 0.158. The van der Waals surface area contributed by atoms with Crippen LogP contribution in [0.3, 0.4) is 0 Å². The summed E-state index contributed by atoms with van der Waals surface area (Å²) in [5.41, 5.74) is 7.65. The summed E-state index contributed by atoms with van der Waals surface area (Å²) in [4.78, 5) is 11.2. The number of aryl methyl sites for hydroxylation is 2. The zero-order valence-electron chi connectivity index (χ0n) is 14.1. The minimum atomic E-state index is -4.56. The third-order valence-electron chi connectivity index (χ3n) is 4.07. The Labute approximate surface area is 148 Å². The zero-order valence-corrected chi connectivity index (χ0v) is 14.1. The summed E-state index contributed by atoms with van der Waals surface area (Å²) >= 11 is 0. The molecule has 0 aliphatic heterocycles. The maximum absolute atomic E-state index is 13.2. The smallest absolute Gasteiger partial charge is 0.366 e. The highest BCUT2D eigenvalue weighted by atomic mass is 19.4. The van der Waals surface area contributed by atoms with Crippen molar-refractivity contribution in [1.82, 2.24) is 9.78 Å². The Morgan fingerprint density at radius 2 is 1.69 bits per heavy atom. The first-order valence-electron chi connectivity index (χ1n) is 7.82. The fourth-order valence-corrected chi connectivity index (χ4v) is 2.69. The number of hydrogen-bond acceptors (Lipinski definition) is 2. The molecule has 0 spiro atoms. The molecule has 26 heavy (non-hydrogen) atoms. The largest absolute Gasteiger partial charge is 0.435 e. The number of alkyl halides is 3. The normalized spacial score (nSPS) is 11.6. The maximum atomic E-state index is 13.2. The van der Waals surface area contributed by atoms with E-state index in [-0.39, 0.29) is 5.56 Å². The third-order valence-corrected chi connectivity index (χ3v) is 4.07. The van der Waals surface area contributed by atoms with Gasteiger partial charge in [0.2, 0.25) is 5.91 Å². The van der Waals surface area contributed by atoms with Crippen molar-refractivity contribution in [2.45, 2.75) is 20.0 Å². The molecule has 0 fully saturated rings. The first kappa shape index (κ1) is 17.7. The lowest BCUT2D eigenvalue weighted by Gasteiger charge is -2.11. The number of carbonyl (C=O) groups excluding carboxylic acids is 1. The van der Waals surface area contributed by atoms with Crippen molar-refractivity contribution in [3.8, 4) is 16.9 Å². The highest BCUT2D eigenvalue weighted by Gasteiger charge is 2.35. The van der Waals surface area contributed by atoms with E-state index in [2.05, 4.69) is 5.10 Å². The molecule has 0 saturated carbocycles. The Morgan fingerprint density at radius 1 is 1.04 bits per heavy atom. The molecule has 2 N–H and O–H groups in total. The molecule has 0 aliphatic rings. The van der Waals surface area contributed by atoms with Gasteiger partial charge in [-0.05, 0) is 55.8 Å². The molecule has 7 heteroatoms. The number of aromatic nitrogens is 2. The fourth-order valence-electron chi connectivity index (χ4n) is 2.69. The first-order chi connectivity index (χ1) is 12.2. The SMILES string of the molecule is Cc1ccc(C)c(-c2cc(C(F)(F)F)nn2-c2ccc(C(N)=O)cc2)c1. The van der Waals surface area contributed by atoms with Gasteiger partial charge in [-0.15, -0.1) is 0 Å². The molecule has 0 radical (unpaired) electrons. The van der Waals surface area contributed by atoms with E-state index < -0.39 is 17.8 Å². The average molecular weight is 359 g/mol. The summed E-state index contributed by atoms with van der Waals surface area (Å²) in [6.07, 6.45) is -4.56. The van der Waals surface area contributed by atoms with Crippen LogP contribution in [0.25, 0.3) is 16.9 Å². The van der Waals surface area contributed by atoms with Gasteiger partial charge >= 0.3 is 6.18 Å². The van der Waals surface area contributed by atoms with Crippen molar-refractivity contribution in [1.29, 1.82) is 0 Å². The van der Waals surface area contributed by atoms with Crippen LogP contribution in [0.5, 0.6) is 0 Å². The summed E-state index contributed by atoms with van der Waals surface area (Å²) < 4.78 is 40.9. The van der Waals surface area contributed by atoms with Gasteiger partial charge in [-0.2, -0.15) is 18.3 Å². The molecule has 1 heterocycles. The predicted molar refractivity (Wildman–Crippen MR) is 92.0 cm³/mol. The van der Waals surface area contributed by atoms with Gasteiger partial charge in [0.25, 0.3) is 0 Å². The minimum Gasteiger partial charge on any atom is -0.366 e. The Hall–Kier alpha value is -3.09. The Bertz CT molecular complexity index is 973. The van der Waals surface area contributed by atoms with Crippen molar-refractivity contribution in [3.05, 3.63) is 70.9 Å². The van der Waals surface area contributed by atoms with Gasteiger partial charge in [0, 0.05) is 11.1 Å². The van der Waals surface area contributed by atoms with Crippen LogP contribution in [0, 0.1) is 13.8 Å². The lowest BCUT2D eigenvalue weighted by atomic mass is 10.0. The van der Waals surface area contributed by atoms with E-state index in [1.54, 1.807) is 0 Å². The van der Waals surface area contributed by atoms with E-state index in [4.69, 9.17) is 5.73 Å². The molecule has 0 saturated heterocycles. The van der Waals surface area contributed by atoms with Crippen molar-refractivity contribution in [2.24, 2.45) is 5.73 Å². The lowest BCUT2D eigenvalue weighted by Crippen LogP contribution is -2.11. The van der Waals surface area contributed by atoms with E-state index in [0.29, 0.717) is 16.9 Å². The average Bonchev–Trinajstić information content (AvgIpc) is 3.02. The van der Waals surface area contributed by atoms with E-state index in [1.807, 2.05) is 32.0 Å². The van der Waals surface area contributed by atoms with Crippen LogP contribution in [0.4, 0.5) is 13.2 Å². The second-order valence-corrected chi connectivity index (χ2v) is 6.05. The van der Waals surface area contributed by atoms with Crippen LogP contribution in [0.15, 0.2) is 48.5 Å². The van der Waals surface area contributed by atoms with E-state index in [1.165, 1.54) is 28.9 Å². The second-order valence-electron chi connectivity index (χ2n) is 6.05. The number of nitrogens with zero attached hydrogens (tertiary/aromatic N) is 2. The molecule has 0 aliphatic carbocycles. The van der Waals surface area contributed by atoms with Gasteiger partial charge in [0.05, 0.1) is 11.4 Å². The predicted octanol–water partition coefficient (Wildman–Crippen LogP) is 4.27. The van der Waals surface area contributed by atoms with Crippen molar-refractivity contribution in [3.63, 3.8) is 0 Å². The number of benzene rings is 2. The molecule has 4 nitrogen and oxygen atoms in total. The Balaban J connectivity index is 2.22. The highest BCUT2D eigenvalue weighted by Crippen LogP contribution is 2.34. The van der Waals surface area contributed by atoms with Crippen LogP contribution < -0.4 is 5.73 Å². The molecular formula is C19H16F3N3O. The first-order valence-corrected chi connectivity index (χ1v) is 7.82. The Morgan fingerprint density at radius 3 is 2.27 bits per heavy atom. The van der Waals surface area contributed by atoms with Crippen LogP contribution >= 0.6 is 0 Å². The van der Waals surface area contributed by atoms with Gasteiger partial charge in [-0.3, -0.25) is 4.79 Å². The molecule has 3 rings (SSSR count). The molecule has 3 aromatic rings. The summed E-state index contributed by atoms with van der Waals surface area (Å²) in [5.74, 6) is -0.609. The van der Waals surface area contributed by atoms with Crippen LogP contribution in [-0.4, -0.2) is 15.7 Å². The number of hydrogen-bond donors (Lipinski definition) is 1. The highest BCUT2D eigenvalue weighted by molar-refractivity contribution is 5.92. The number of nitrogens with two attached hydrogens (primary N) is 1. The molecule has 0 bridgehead atoms. The summed E-state index contributed by atoms with van der Waals surface area (Å²) in [6.45, 7) is 3.70. The van der Waals surface area contributed by atoms with E-state index >= 15 is 0 Å². The molecule has 0 atom stereocenters. The standard InChI is InChI=1S/C19H16F3N3O/c1-11-3-4-12(2)15(9-11)16-10-17(19(20,21)22)24-25(16)14-7-5-13(6-8-14)18(23)26/h3-10H,1-2H3,(H2,23,26). The summed E-state index contributed by atoms with van der Waals surface area (Å²) in [5, 5.41) is 3.75. The third kappa shape index (κ3) is 3.33. The number of amides is 1. The van der Waals surface area contributed by atoms with Crippen LogP contribution in [0.2, 0.25) is 0 Å². The number of carbonyl (C=O) groups is 1. The van der Waals surface area contributed by atoms with Crippen molar-refractivity contribution in [2.75, 3.05) is 0 Å². The van der Waals surface area contributed by atoms with Gasteiger partial charge in [0.1, 0.15) is 0 Å². The van der Waals surface area contributed by atoms with E-state index in [0.717, 1.165) is 17.2 Å². The lowest BCUT2D eigenvalue weighted by molar-refractivity contribution is -0.141. The molecule has 1 amide bonds. The van der Waals surface area contributed by atoms with Crippen molar-refractivity contribution < 1.29 is 18.0 Å². The van der Waals surface area contributed by atoms with Gasteiger partial charge in [-0.1, -0.05) is 17.7 Å². The molecule has 134 valence electrons. The summed E-state index contributed by atoms with van der Waals surface area (Å²) in [6, 6.07) is 12.5. The molecule has 1 aromatic heterocycles. The van der Waals surface area contributed by atoms with Crippen LogP contribution in [0.1, 0.15) is 27.2 Å². The van der Waals surface area contributed by atoms with Crippen molar-refractivity contribution >= 4 is 5.91 Å². The van der Waals surface area contributed by atoms with Gasteiger partial charge in [0.15, 0.2) is 5.69 Å². The van der Waals surface area contributed by atoms with Gasteiger partial charge in [-0.25, -0.2) is 4.68 Å². The number of rotatable bonds is 3. The summed E-state index contributed by atoms with van der Waals surface area (Å²) in [7, 11) is 0. The molecule has 0 unspecified atom stereocenters. The second kappa shape index (κ2) is 6.33. The van der Waals surface area contributed by atoms with Crippen LogP contribution in [-0.2, 0) is 6.18 Å². The minimum absolute atomic E-state index is 0.269. The number of primary amides is 1. The Kier molecular flexibility index (Phi) is 4.31. The quantitative estimate of drug-likeness (QED) is 0.759. The monoisotopic (exact) mass is 359 g/mol. The molecular weight excluding hydrogens is 343 g/mol. The van der Waals surface area contributed by atoms with E-state index in [9.17, 15) is 18.0 Å². The zero-order chi connectivity index (χ0) is 19.1. The van der Waals surface area contributed by atoms with Gasteiger partial charge < -0.3 is 5.73 Å².